The highest BCUT2D eigenvalue weighted by molar-refractivity contribution is 5.94. The van der Waals surface area contributed by atoms with E-state index < -0.39 is 17.0 Å². The second-order valence-electron chi connectivity index (χ2n) is 3.46. The Morgan fingerprint density at radius 2 is 2.17 bits per heavy atom. The number of rotatable bonds is 3. The quantitative estimate of drug-likeness (QED) is 0.358. The van der Waals surface area contributed by atoms with Crippen LogP contribution in [0.3, 0.4) is 0 Å². The SMILES string of the molecule is NNC(=O)c1ccoc1Cn1[nH]c(=O)ccc1=O. The van der Waals surface area contributed by atoms with E-state index in [9.17, 15) is 14.4 Å². The summed E-state index contributed by atoms with van der Waals surface area (Å²) in [6, 6.07) is 3.67. The van der Waals surface area contributed by atoms with Crippen molar-refractivity contribution >= 4 is 5.91 Å². The van der Waals surface area contributed by atoms with Crippen LogP contribution in [-0.2, 0) is 6.54 Å². The molecule has 0 fully saturated rings. The van der Waals surface area contributed by atoms with Crippen molar-refractivity contribution in [2.24, 2.45) is 5.84 Å². The molecule has 2 aromatic heterocycles. The molecule has 8 heteroatoms. The molecule has 94 valence electrons. The molecule has 0 spiro atoms. The first-order valence-corrected chi connectivity index (χ1v) is 4.99. The highest BCUT2D eigenvalue weighted by atomic mass is 16.3. The van der Waals surface area contributed by atoms with Gasteiger partial charge >= 0.3 is 0 Å². The Morgan fingerprint density at radius 1 is 1.39 bits per heavy atom. The number of furan rings is 1. The van der Waals surface area contributed by atoms with Crippen molar-refractivity contribution in [2.75, 3.05) is 0 Å². The third kappa shape index (κ3) is 2.23. The van der Waals surface area contributed by atoms with E-state index in [-0.39, 0.29) is 17.9 Å². The zero-order chi connectivity index (χ0) is 13.1. The number of aromatic amines is 1. The van der Waals surface area contributed by atoms with E-state index in [1.807, 2.05) is 5.43 Å². The highest BCUT2D eigenvalue weighted by Crippen LogP contribution is 2.10. The van der Waals surface area contributed by atoms with Crippen molar-refractivity contribution in [3.05, 3.63) is 56.5 Å². The smallest absolute Gasteiger partial charge is 0.268 e. The minimum atomic E-state index is -0.537. The molecule has 0 aromatic carbocycles. The van der Waals surface area contributed by atoms with Gasteiger partial charge in [-0.2, -0.15) is 0 Å². The minimum absolute atomic E-state index is 0.0648. The lowest BCUT2D eigenvalue weighted by molar-refractivity contribution is 0.0951. The number of hydrazine groups is 1. The van der Waals surface area contributed by atoms with Crippen LogP contribution in [0.4, 0.5) is 0 Å². The number of nitrogens with one attached hydrogen (secondary N) is 2. The fraction of sp³-hybridized carbons (Fsp3) is 0.100. The standard InChI is InChI=1S/C10H10N4O4/c11-12-10(17)6-3-4-18-7(6)5-14-9(16)2-1-8(15)13-14/h1-4H,5,11H2,(H,12,17)(H,13,15). The summed E-state index contributed by atoms with van der Waals surface area (Å²) in [5, 5.41) is 2.32. The first kappa shape index (κ1) is 11.9. The molecular weight excluding hydrogens is 240 g/mol. The largest absolute Gasteiger partial charge is 0.467 e. The maximum Gasteiger partial charge on any atom is 0.268 e. The number of amides is 1. The monoisotopic (exact) mass is 250 g/mol. The van der Waals surface area contributed by atoms with Crippen LogP contribution in [0.25, 0.3) is 0 Å². The summed E-state index contributed by atoms with van der Waals surface area (Å²) >= 11 is 0. The van der Waals surface area contributed by atoms with Gasteiger partial charge in [0.1, 0.15) is 12.3 Å². The third-order valence-corrected chi connectivity index (χ3v) is 2.31. The average molecular weight is 250 g/mol. The Balaban J connectivity index is 2.38. The number of carbonyl (C=O) groups excluding carboxylic acids is 1. The molecule has 0 saturated heterocycles. The van der Waals surface area contributed by atoms with E-state index >= 15 is 0 Å². The summed E-state index contributed by atoms with van der Waals surface area (Å²) in [6.45, 7) is -0.0648. The molecule has 2 heterocycles. The van der Waals surface area contributed by atoms with Gasteiger partial charge in [0.25, 0.3) is 17.0 Å². The summed E-state index contributed by atoms with van der Waals surface area (Å²) < 4.78 is 6.12. The summed E-state index contributed by atoms with van der Waals surface area (Å²) in [6.07, 6.45) is 1.30. The van der Waals surface area contributed by atoms with Crippen molar-refractivity contribution in [3.8, 4) is 0 Å². The van der Waals surface area contributed by atoms with Crippen molar-refractivity contribution in [1.82, 2.24) is 15.2 Å². The Hall–Kier alpha value is -2.61. The van der Waals surface area contributed by atoms with E-state index in [2.05, 4.69) is 5.10 Å². The van der Waals surface area contributed by atoms with Crippen LogP contribution >= 0.6 is 0 Å². The molecule has 4 N–H and O–H groups in total. The maximum absolute atomic E-state index is 11.5. The molecule has 0 radical (unpaired) electrons. The summed E-state index contributed by atoms with van der Waals surface area (Å²) in [5.41, 5.74) is 1.33. The zero-order valence-electron chi connectivity index (χ0n) is 9.17. The van der Waals surface area contributed by atoms with Gasteiger partial charge in [-0.25, -0.2) is 10.5 Å². The fourth-order valence-corrected chi connectivity index (χ4v) is 1.47. The Bertz CT molecular complexity index is 681. The van der Waals surface area contributed by atoms with Gasteiger partial charge < -0.3 is 4.42 Å². The first-order chi connectivity index (χ1) is 8.61. The predicted molar refractivity (Wildman–Crippen MR) is 60.8 cm³/mol. The minimum Gasteiger partial charge on any atom is -0.467 e. The van der Waals surface area contributed by atoms with Crippen molar-refractivity contribution < 1.29 is 9.21 Å². The fourth-order valence-electron chi connectivity index (χ4n) is 1.47. The lowest BCUT2D eigenvalue weighted by atomic mass is 10.2. The number of hydrogen-bond acceptors (Lipinski definition) is 5. The molecule has 0 aliphatic rings. The number of nitrogens with two attached hydrogens (primary N) is 1. The van der Waals surface area contributed by atoms with E-state index in [1.54, 1.807) is 0 Å². The molecule has 0 bridgehead atoms. The van der Waals surface area contributed by atoms with Gasteiger partial charge in [0.05, 0.1) is 11.8 Å². The lowest BCUT2D eigenvalue weighted by Crippen LogP contribution is -2.32. The van der Waals surface area contributed by atoms with E-state index in [1.165, 1.54) is 12.3 Å². The molecule has 0 aliphatic carbocycles. The van der Waals surface area contributed by atoms with Crippen molar-refractivity contribution in [2.45, 2.75) is 6.54 Å². The average Bonchev–Trinajstić information content (AvgIpc) is 2.81. The third-order valence-electron chi connectivity index (χ3n) is 2.31. The molecule has 1 amide bonds. The number of nitrogens with zero attached hydrogens (tertiary/aromatic N) is 1. The van der Waals surface area contributed by atoms with E-state index in [0.29, 0.717) is 0 Å². The van der Waals surface area contributed by atoms with Crippen LogP contribution in [0.15, 0.2) is 38.5 Å². The van der Waals surface area contributed by atoms with Gasteiger partial charge in [-0.3, -0.25) is 24.9 Å². The van der Waals surface area contributed by atoms with Crippen LogP contribution < -0.4 is 22.4 Å². The van der Waals surface area contributed by atoms with Gasteiger partial charge in [-0.1, -0.05) is 0 Å². The van der Waals surface area contributed by atoms with Crippen LogP contribution in [0.2, 0.25) is 0 Å². The Morgan fingerprint density at radius 3 is 2.89 bits per heavy atom. The molecule has 2 rings (SSSR count). The predicted octanol–water partition coefficient (Wildman–Crippen LogP) is -1.22. The molecule has 0 saturated carbocycles. The van der Waals surface area contributed by atoms with Crippen LogP contribution in [0.1, 0.15) is 16.1 Å². The zero-order valence-corrected chi connectivity index (χ0v) is 9.17. The first-order valence-electron chi connectivity index (χ1n) is 4.99. The van der Waals surface area contributed by atoms with E-state index in [4.69, 9.17) is 10.3 Å². The number of nitrogen functional groups attached to an aromatic ring is 1. The maximum atomic E-state index is 11.5. The second-order valence-corrected chi connectivity index (χ2v) is 3.46. The highest BCUT2D eigenvalue weighted by Gasteiger charge is 2.14. The van der Waals surface area contributed by atoms with Crippen molar-refractivity contribution in [1.29, 1.82) is 0 Å². The molecule has 0 unspecified atom stereocenters. The van der Waals surface area contributed by atoms with Gasteiger partial charge in [0.15, 0.2) is 0 Å². The van der Waals surface area contributed by atoms with Crippen molar-refractivity contribution in [3.63, 3.8) is 0 Å². The lowest BCUT2D eigenvalue weighted by Gasteiger charge is -2.04. The van der Waals surface area contributed by atoms with Crippen LogP contribution in [-0.4, -0.2) is 15.7 Å². The molecule has 18 heavy (non-hydrogen) atoms. The molecule has 0 aliphatic heterocycles. The molecule has 8 nitrogen and oxygen atoms in total. The van der Waals surface area contributed by atoms with E-state index in [0.717, 1.165) is 16.8 Å². The van der Waals surface area contributed by atoms with Crippen LogP contribution in [0.5, 0.6) is 0 Å². The molecule has 0 atom stereocenters. The van der Waals surface area contributed by atoms with Gasteiger partial charge in [-0.05, 0) is 6.07 Å². The van der Waals surface area contributed by atoms with Gasteiger partial charge in [-0.15, -0.1) is 0 Å². The number of aromatic nitrogens is 2. The Kier molecular flexibility index (Phi) is 3.11. The van der Waals surface area contributed by atoms with Gasteiger partial charge in [0.2, 0.25) is 0 Å². The number of hydrogen-bond donors (Lipinski definition) is 3. The second kappa shape index (κ2) is 4.72. The Labute approximate surface area is 100.0 Å². The topological polar surface area (TPSA) is 123 Å². The summed E-state index contributed by atoms with van der Waals surface area (Å²) in [5.74, 6) is 4.70. The molecule has 2 aromatic rings. The number of carbonyl (C=O) groups is 1. The summed E-state index contributed by atoms with van der Waals surface area (Å²) in [4.78, 5) is 34.0. The summed E-state index contributed by atoms with van der Waals surface area (Å²) in [7, 11) is 0. The number of H-pyrrole nitrogens is 1. The normalized spacial score (nSPS) is 10.3. The molecular formula is C10H10N4O4. The van der Waals surface area contributed by atoms with Crippen LogP contribution in [0, 0.1) is 0 Å². The van der Waals surface area contributed by atoms with Gasteiger partial charge in [0, 0.05) is 12.1 Å².